The van der Waals surface area contributed by atoms with E-state index in [1.807, 2.05) is 6.08 Å². The van der Waals surface area contributed by atoms with E-state index in [4.69, 9.17) is 14.2 Å². The molecule has 1 aliphatic rings. The minimum atomic E-state index is -1.57. The topological polar surface area (TPSA) is 175 Å². The van der Waals surface area contributed by atoms with Crippen LogP contribution in [0.5, 0.6) is 0 Å². The second-order valence-electron chi connectivity index (χ2n) is 21.8. The van der Waals surface area contributed by atoms with E-state index in [9.17, 15) is 35.1 Å². The summed E-state index contributed by atoms with van der Waals surface area (Å²) in [7, 11) is 0. The van der Waals surface area contributed by atoms with Crippen molar-refractivity contribution < 1.29 is 49.3 Å². The van der Waals surface area contributed by atoms with Gasteiger partial charge in [-0.3, -0.25) is 9.59 Å². The fraction of sp³-hybridized carbons (Fsp3) is 0.873. The summed E-state index contributed by atoms with van der Waals surface area (Å²) in [4.78, 5) is 25.1. The number of ether oxygens (including phenoxy) is 3. The third-order valence-electron chi connectivity index (χ3n) is 14.7. The molecule has 1 fully saturated rings. The smallest absolute Gasteiger partial charge is 0.305 e. The van der Waals surface area contributed by atoms with E-state index in [-0.39, 0.29) is 18.5 Å². The molecular formula is C63H117NO10. The molecule has 11 heteroatoms. The molecule has 0 radical (unpaired) electrons. The van der Waals surface area contributed by atoms with Crippen molar-refractivity contribution in [1.82, 2.24) is 5.32 Å². The number of carbonyl (C=O) groups is 2. The summed E-state index contributed by atoms with van der Waals surface area (Å²) in [5.74, 6) is -0.204. The predicted octanol–water partition coefficient (Wildman–Crippen LogP) is 14.7. The number of nitrogens with one attached hydrogen (secondary N) is 1. The first-order chi connectivity index (χ1) is 36.2. The zero-order chi connectivity index (χ0) is 53.8. The van der Waals surface area contributed by atoms with Crippen molar-refractivity contribution in [2.24, 2.45) is 0 Å². The molecule has 0 aromatic carbocycles. The number of aliphatic hydroxyl groups is 5. The van der Waals surface area contributed by atoms with Gasteiger partial charge in [0.05, 0.1) is 32.0 Å². The number of amides is 1. The highest BCUT2D eigenvalue weighted by Crippen LogP contribution is 2.23. The second kappa shape index (κ2) is 52.9. The molecule has 0 aliphatic carbocycles. The lowest BCUT2D eigenvalue weighted by molar-refractivity contribution is -0.302. The summed E-state index contributed by atoms with van der Waals surface area (Å²) in [5.41, 5.74) is 0. The van der Waals surface area contributed by atoms with Crippen molar-refractivity contribution in [2.45, 2.75) is 333 Å². The van der Waals surface area contributed by atoms with Gasteiger partial charge in [-0.15, -0.1) is 0 Å². The van der Waals surface area contributed by atoms with Gasteiger partial charge in [-0.05, 0) is 83.5 Å². The normalized spacial score (nSPS) is 19.0. The van der Waals surface area contributed by atoms with E-state index in [0.29, 0.717) is 19.4 Å². The summed E-state index contributed by atoms with van der Waals surface area (Å²) in [6.45, 7) is 4.30. The highest BCUT2D eigenvalue weighted by atomic mass is 16.7. The van der Waals surface area contributed by atoms with Gasteiger partial charge in [-0.25, -0.2) is 0 Å². The van der Waals surface area contributed by atoms with Gasteiger partial charge < -0.3 is 45.1 Å². The van der Waals surface area contributed by atoms with Crippen LogP contribution < -0.4 is 5.32 Å². The Morgan fingerprint density at radius 3 is 1.30 bits per heavy atom. The van der Waals surface area contributed by atoms with E-state index >= 15 is 0 Å². The highest BCUT2D eigenvalue weighted by molar-refractivity contribution is 5.76. The fourth-order valence-corrected chi connectivity index (χ4v) is 9.72. The van der Waals surface area contributed by atoms with Crippen LogP contribution in [0.2, 0.25) is 0 Å². The molecule has 7 unspecified atom stereocenters. The largest absolute Gasteiger partial charge is 0.466 e. The molecule has 0 aromatic rings. The zero-order valence-corrected chi connectivity index (χ0v) is 47.8. The molecule has 0 saturated carbocycles. The zero-order valence-electron chi connectivity index (χ0n) is 47.8. The molecule has 7 atom stereocenters. The molecule has 1 aliphatic heterocycles. The van der Waals surface area contributed by atoms with Crippen molar-refractivity contribution in [1.29, 1.82) is 0 Å². The van der Waals surface area contributed by atoms with Gasteiger partial charge in [0, 0.05) is 12.8 Å². The predicted molar refractivity (Wildman–Crippen MR) is 306 cm³/mol. The monoisotopic (exact) mass is 1050 g/mol. The fourth-order valence-electron chi connectivity index (χ4n) is 9.72. The molecule has 1 saturated heterocycles. The van der Waals surface area contributed by atoms with Crippen LogP contribution in [0, 0.1) is 0 Å². The lowest BCUT2D eigenvalue weighted by Crippen LogP contribution is -2.60. The number of rotatable bonds is 54. The number of hydrogen-bond acceptors (Lipinski definition) is 10. The first-order valence-electron chi connectivity index (χ1n) is 31.3. The summed E-state index contributed by atoms with van der Waals surface area (Å²) in [6.07, 6.45) is 55.4. The molecule has 1 rings (SSSR count). The average Bonchev–Trinajstić information content (AvgIpc) is 3.40. The minimum Gasteiger partial charge on any atom is -0.466 e. The quantitative estimate of drug-likeness (QED) is 0.0195. The van der Waals surface area contributed by atoms with Crippen molar-refractivity contribution >= 4 is 11.9 Å². The molecule has 434 valence electrons. The third-order valence-corrected chi connectivity index (χ3v) is 14.7. The van der Waals surface area contributed by atoms with Gasteiger partial charge in [0.25, 0.3) is 0 Å². The molecule has 1 amide bonds. The molecule has 0 bridgehead atoms. The van der Waals surface area contributed by atoms with E-state index in [1.54, 1.807) is 6.08 Å². The Morgan fingerprint density at radius 2 is 0.865 bits per heavy atom. The summed E-state index contributed by atoms with van der Waals surface area (Å²) in [5, 5.41) is 54.2. The van der Waals surface area contributed by atoms with Crippen LogP contribution in [0.4, 0.5) is 0 Å². The molecule has 0 spiro atoms. The Kier molecular flexibility index (Phi) is 50.0. The maximum absolute atomic E-state index is 13.0. The lowest BCUT2D eigenvalue weighted by Gasteiger charge is -2.40. The first kappa shape index (κ1) is 69.9. The molecule has 1 heterocycles. The summed E-state index contributed by atoms with van der Waals surface area (Å²) in [6, 6.07) is -0.814. The number of hydrogen-bond donors (Lipinski definition) is 6. The van der Waals surface area contributed by atoms with Crippen LogP contribution in [0.15, 0.2) is 36.5 Å². The molecule has 6 N–H and O–H groups in total. The third kappa shape index (κ3) is 42.0. The van der Waals surface area contributed by atoms with E-state index in [1.165, 1.54) is 186 Å². The number of aliphatic hydroxyl groups excluding tert-OH is 5. The van der Waals surface area contributed by atoms with Crippen LogP contribution in [0.3, 0.4) is 0 Å². The number of unbranched alkanes of at least 4 members (excludes halogenated alkanes) is 36. The Morgan fingerprint density at radius 1 is 0.486 bits per heavy atom. The van der Waals surface area contributed by atoms with Crippen molar-refractivity contribution in [3.8, 4) is 0 Å². The van der Waals surface area contributed by atoms with Gasteiger partial charge in [-0.1, -0.05) is 230 Å². The maximum Gasteiger partial charge on any atom is 0.305 e. The van der Waals surface area contributed by atoms with Crippen molar-refractivity contribution in [2.75, 3.05) is 19.8 Å². The number of allylic oxidation sites excluding steroid dienone is 5. The Labute approximate surface area is 453 Å². The number of carbonyl (C=O) groups excluding carboxylic acids is 2. The van der Waals surface area contributed by atoms with Gasteiger partial charge in [-0.2, -0.15) is 0 Å². The number of esters is 1. The Bertz CT molecular complexity index is 1320. The van der Waals surface area contributed by atoms with Crippen LogP contribution >= 0.6 is 0 Å². The van der Waals surface area contributed by atoms with Crippen molar-refractivity contribution in [3.63, 3.8) is 0 Å². The van der Waals surface area contributed by atoms with Crippen LogP contribution in [0.25, 0.3) is 0 Å². The Hall–Kier alpha value is -2.12. The van der Waals surface area contributed by atoms with E-state index in [2.05, 4.69) is 43.5 Å². The Balaban J connectivity index is 2.00. The standard InChI is InChI=1S/C63H117NO10/c1-3-5-7-9-11-13-14-15-16-25-28-31-35-39-43-47-51-59(68)72-52-48-44-40-36-32-29-26-23-21-19-17-18-20-22-24-27-30-34-38-42-46-50-58(67)64-55(56(66)49-45-41-37-33-12-10-8-6-4-2)54-73-63-62(71)61(70)60(69)57(53-65)74-63/h16,18,20,25,45,49,55-57,60-63,65-66,69-71H,3-15,17,19,21-24,26-44,46-48,50-54H2,1-2H3,(H,64,67)/b20-18-,25-16-,49-45+. The van der Waals surface area contributed by atoms with Gasteiger partial charge in [0.15, 0.2) is 6.29 Å². The first-order valence-corrected chi connectivity index (χ1v) is 31.3. The maximum atomic E-state index is 13.0. The summed E-state index contributed by atoms with van der Waals surface area (Å²) >= 11 is 0. The van der Waals surface area contributed by atoms with Gasteiger partial charge >= 0.3 is 5.97 Å². The summed E-state index contributed by atoms with van der Waals surface area (Å²) < 4.78 is 16.7. The van der Waals surface area contributed by atoms with Crippen molar-refractivity contribution in [3.05, 3.63) is 36.5 Å². The molecule has 0 aromatic heterocycles. The van der Waals surface area contributed by atoms with Crippen LogP contribution in [-0.2, 0) is 23.8 Å². The van der Waals surface area contributed by atoms with Crippen LogP contribution in [-0.4, -0.2) is 100 Å². The van der Waals surface area contributed by atoms with E-state index < -0.39 is 49.5 Å². The second-order valence-corrected chi connectivity index (χ2v) is 21.8. The average molecular weight is 1050 g/mol. The SMILES string of the molecule is CCCCCCCCC/C=C\CCCCCCCC(=O)OCCCCCCCCCCCC/C=C\CCCCCCCCCC(=O)NC(COC1OC(CO)C(O)C(O)C1O)C(O)/C=C/CCCCCCCCC. The van der Waals surface area contributed by atoms with Gasteiger partial charge in [0.1, 0.15) is 24.4 Å². The minimum absolute atomic E-state index is 0.0125. The lowest BCUT2D eigenvalue weighted by atomic mass is 9.99. The molecular weight excluding hydrogens is 931 g/mol. The molecule has 74 heavy (non-hydrogen) atoms. The molecule has 11 nitrogen and oxygen atoms in total. The van der Waals surface area contributed by atoms with Crippen LogP contribution in [0.1, 0.15) is 290 Å². The highest BCUT2D eigenvalue weighted by Gasteiger charge is 2.44. The van der Waals surface area contributed by atoms with Gasteiger partial charge in [0.2, 0.25) is 5.91 Å². The van der Waals surface area contributed by atoms with E-state index in [0.717, 1.165) is 77.0 Å².